The van der Waals surface area contributed by atoms with E-state index in [1.54, 1.807) is 38.1 Å². The van der Waals surface area contributed by atoms with Gasteiger partial charge in [-0.15, -0.1) is 11.8 Å². The molecule has 2 aliphatic rings. The predicted molar refractivity (Wildman–Crippen MR) is 94.4 cm³/mol. The highest BCUT2D eigenvalue weighted by Gasteiger charge is 2.64. The average molecular weight is 361 g/mol. The Morgan fingerprint density at radius 2 is 2.00 bits per heavy atom. The predicted octanol–water partition coefficient (Wildman–Crippen LogP) is 1.06. The minimum Gasteiger partial charge on any atom is -0.480 e. The van der Waals surface area contributed by atoms with E-state index >= 15 is 0 Å². The number of aliphatic imine (C=N–C) groups is 1. The minimum atomic E-state index is -1.03. The number of β-lactam (4-membered cyclic amide) rings is 1. The molecule has 7 nitrogen and oxygen atoms in total. The van der Waals surface area contributed by atoms with Crippen molar-refractivity contribution in [3.63, 3.8) is 0 Å². The Balaban J connectivity index is 1.75. The Hall–Kier alpha value is -2.35. The van der Waals surface area contributed by atoms with Crippen molar-refractivity contribution in [2.75, 3.05) is 0 Å². The molecule has 0 bridgehead atoms. The molecule has 2 fully saturated rings. The largest absolute Gasteiger partial charge is 0.480 e. The lowest BCUT2D eigenvalue weighted by molar-refractivity contribution is -0.161. The molecule has 0 spiro atoms. The summed E-state index contributed by atoms with van der Waals surface area (Å²) < 4.78 is -0.624. The number of rotatable bonds is 5. The van der Waals surface area contributed by atoms with Crippen molar-refractivity contribution in [2.24, 2.45) is 4.99 Å². The van der Waals surface area contributed by atoms with Crippen LogP contribution in [-0.2, 0) is 14.4 Å². The van der Waals surface area contributed by atoms with E-state index in [4.69, 9.17) is 0 Å². The Bertz CT molecular complexity index is 737. The molecule has 0 aliphatic carbocycles. The summed E-state index contributed by atoms with van der Waals surface area (Å²) in [4.78, 5) is 41.7. The van der Waals surface area contributed by atoms with Crippen molar-refractivity contribution in [2.45, 2.75) is 42.1 Å². The second-order valence-corrected chi connectivity index (χ2v) is 8.35. The van der Waals surface area contributed by atoms with E-state index in [9.17, 15) is 19.5 Å². The monoisotopic (exact) mass is 361 g/mol. The topological polar surface area (TPSA) is 99.1 Å². The first-order valence-electron chi connectivity index (χ1n) is 7.82. The number of thioether (sulfide) groups is 1. The highest BCUT2D eigenvalue weighted by Crippen LogP contribution is 2.50. The number of hydrogen-bond acceptors (Lipinski definition) is 5. The summed E-state index contributed by atoms with van der Waals surface area (Å²) in [6.07, 6.45) is 0. The van der Waals surface area contributed by atoms with Gasteiger partial charge in [0.05, 0.1) is 0 Å². The Morgan fingerprint density at radius 3 is 2.56 bits per heavy atom. The third kappa shape index (κ3) is 2.80. The molecule has 1 aromatic carbocycles. The van der Waals surface area contributed by atoms with Gasteiger partial charge in [0.25, 0.3) is 0 Å². The summed E-state index contributed by atoms with van der Waals surface area (Å²) in [6.45, 7) is 7.05. The van der Waals surface area contributed by atoms with Crippen molar-refractivity contribution in [1.29, 1.82) is 0 Å². The zero-order chi connectivity index (χ0) is 18.4. The third-order valence-corrected chi connectivity index (χ3v) is 6.09. The maximum absolute atomic E-state index is 12.5. The Kier molecular flexibility index (Phi) is 4.32. The van der Waals surface area contributed by atoms with Crippen molar-refractivity contribution in [3.8, 4) is 0 Å². The molecule has 132 valence electrons. The van der Waals surface area contributed by atoms with E-state index in [2.05, 4.69) is 17.0 Å². The van der Waals surface area contributed by atoms with Gasteiger partial charge in [0.15, 0.2) is 6.04 Å². The van der Waals surface area contributed by atoms with Crippen LogP contribution < -0.4 is 5.32 Å². The molecule has 0 radical (unpaired) electrons. The average Bonchev–Trinajstić information content (AvgIpc) is 2.82. The molecule has 1 aromatic rings. The normalized spacial score (nSPS) is 27.8. The van der Waals surface area contributed by atoms with Gasteiger partial charge in [0, 0.05) is 4.75 Å². The minimum absolute atomic E-state index is 0.375. The van der Waals surface area contributed by atoms with E-state index in [0.717, 1.165) is 0 Å². The van der Waals surface area contributed by atoms with E-state index < -0.39 is 34.7 Å². The Labute approximate surface area is 149 Å². The van der Waals surface area contributed by atoms with Gasteiger partial charge >= 0.3 is 5.97 Å². The second-order valence-electron chi connectivity index (χ2n) is 6.58. The molecule has 2 heterocycles. The van der Waals surface area contributed by atoms with Crippen LogP contribution in [0.3, 0.4) is 0 Å². The number of fused-ring (bicyclic) bond motifs is 1. The molecular weight excluding hydrogens is 342 g/mol. The van der Waals surface area contributed by atoms with Crippen LogP contribution in [0.4, 0.5) is 0 Å². The Morgan fingerprint density at radius 1 is 1.36 bits per heavy atom. The summed E-state index contributed by atoms with van der Waals surface area (Å²) in [6, 6.07) is 6.51. The quantitative estimate of drug-likeness (QED) is 0.603. The van der Waals surface area contributed by atoms with Crippen molar-refractivity contribution < 1.29 is 19.5 Å². The molecule has 2 saturated heterocycles. The zero-order valence-electron chi connectivity index (χ0n) is 13.9. The SMILES string of the molecule is C=NC(C(=O)N[C@@H]1C(=O)N2[C@@H]1SC(C)(C)[C@@H]2C(=O)O)c1ccccc1. The first-order chi connectivity index (χ1) is 11.8. The van der Waals surface area contributed by atoms with Gasteiger partial charge in [-0.2, -0.15) is 0 Å². The number of hydrogen-bond donors (Lipinski definition) is 2. The first kappa shape index (κ1) is 17.5. The molecule has 2 aliphatic heterocycles. The standard InChI is InChI=1S/C17H19N3O4S/c1-17(2)12(16(23)24)20-14(22)11(15(20)25-17)19-13(21)10(18-3)9-7-5-4-6-8-9/h4-8,10-12,15H,3H2,1-2H3,(H,19,21)(H,23,24)/t10?,11-,12+,15-/m1/s1. The van der Waals surface area contributed by atoms with Crippen LogP contribution in [0.2, 0.25) is 0 Å². The van der Waals surface area contributed by atoms with Crippen LogP contribution in [0, 0.1) is 0 Å². The lowest BCUT2D eigenvalue weighted by Gasteiger charge is -2.43. The molecule has 8 heteroatoms. The van der Waals surface area contributed by atoms with E-state index in [1.165, 1.54) is 16.7 Å². The van der Waals surface area contributed by atoms with Crippen molar-refractivity contribution in [3.05, 3.63) is 35.9 Å². The maximum Gasteiger partial charge on any atom is 0.327 e. The van der Waals surface area contributed by atoms with Crippen LogP contribution in [0.15, 0.2) is 35.3 Å². The smallest absolute Gasteiger partial charge is 0.327 e. The summed E-state index contributed by atoms with van der Waals surface area (Å²) in [7, 11) is 0. The number of benzene rings is 1. The number of aliphatic carboxylic acids is 1. The number of amides is 2. The number of carboxylic acid groups (broad SMARTS) is 1. The lowest BCUT2D eigenvalue weighted by Crippen LogP contribution is -2.70. The van der Waals surface area contributed by atoms with Gasteiger partial charge in [-0.1, -0.05) is 30.3 Å². The van der Waals surface area contributed by atoms with E-state index in [1.807, 2.05) is 6.07 Å². The third-order valence-electron chi connectivity index (χ3n) is 4.52. The molecule has 2 amide bonds. The molecular formula is C17H19N3O4S. The van der Waals surface area contributed by atoms with Crippen LogP contribution in [0.1, 0.15) is 25.5 Å². The zero-order valence-corrected chi connectivity index (χ0v) is 14.7. The van der Waals surface area contributed by atoms with Crippen LogP contribution >= 0.6 is 11.8 Å². The summed E-state index contributed by atoms with van der Waals surface area (Å²) >= 11 is 1.39. The van der Waals surface area contributed by atoms with Crippen LogP contribution in [0.25, 0.3) is 0 Å². The number of nitrogens with one attached hydrogen (secondary N) is 1. The number of carboxylic acids is 1. The van der Waals surface area contributed by atoms with E-state index in [-0.39, 0.29) is 11.3 Å². The van der Waals surface area contributed by atoms with Gasteiger partial charge in [0.2, 0.25) is 11.8 Å². The molecule has 4 atom stereocenters. The number of nitrogens with zero attached hydrogens (tertiary/aromatic N) is 2. The van der Waals surface area contributed by atoms with Crippen molar-refractivity contribution in [1.82, 2.24) is 10.2 Å². The highest BCUT2D eigenvalue weighted by atomic mass is 32.2. The summed E-state index contributed by atoms with van der Waals surface area (Å²) in [5, 5.41) is 11.7. The maximum atomic E-state index is 12.5. The first-order valence-corrected chi connectivity index (χ1v) is 8.70. The molecule has 25 heavy (non-hydrogen) atoms. The summed E-state index contributed by atoms with van der Waals surface area (Å²) in [5.41, 5.74) is 0.682. The van der Waals surface area contributed by atoms with Gasteiger partial charge in [-0.3, -0.25) is 14.6 Å². The van der Waals surface area contributed by atoms with E-state index in [0.29, 0.717) is 5.56 Å². The van der Waals surface area contributed by atoms with Crippen molar-refractivity contribution >= 4 is 36.3 Å². The number of carbonyl (C=O) groups excluding carboxylic acids is 2. The van der Waals surface area contributed by atoms with Crippen LogP contribution in [0.5, 0.6) is 0 Å². The molecule has 1 unspecified atom stereocenters. The molecule has 3 rings (SSSR count). The molecule has 2 N–H and O–H groups in total. The van der Waals surface area contributed by atoms with Crippen LogP contribution in [-0.4, -0.2) is 56.7 Å². The fraction of sp³-hybridized carbons (Fsp3) is 0.412. The summed E-state index contributed by atoms with van der Waals surface area (Å²) in [5.74, 6) is -1.83. The van der Waals surface area contributed by atoms with Gasteiger partial charge in [-0.25, -0.2) is 4.79 Å². The van der Waals surface area contributed by atoms with Gasteiger partial charge < -0.3 is 15.3 Å². The molecule has 0 saturated carbocycles. The highest BCUT2D eigenvalue weighted by molar-refractivity contribution is 8.01. The van der Waals surface area contributed by atoms with Gasteiger partial charge in [0.1, 0.15) is 17.5 Å². The fourth-order valence-corrected chi connectivity index (χ4v) is 4.98. The lowest BCUT2D eigenvalue weighted by atomic mass is 9.95. The fourth-order valence-electron chi connectivity index (χ4n) is 3.35. The molecule has 0 aromatic heterocycles. The van der Waals surface area contributed by atoms with Gasteiger partial charge in [-0.05, 0) is 26.1 Å². The number of carbonyl (C=O) groups is 3. The second kappa shape index (κ2) is 6.18.